The van der Waals surface area contributed by atoms with Crippen molar-refractivity contribution in [1.82, 2.24) is 4.57 Å². The van der Waals surface area contributed by atoms with Crippen LogP contribution < -0.4 is 14.9 Å². The summed E-state index contributed by atoms with van der Waals surface area (Å²) >= 11 is 0. The number of hydrogen-bond donors (Lipinski definition) is 1. The number of aliphatic hydroxyl groups is 1. The van der Waals surface area contributed by atoms with Gasteiger partial charge in [0, 0.05) is 24.5 Å². The van der Waals surface area contributed by atoms with Gasteiger partial charge >= 0.3 is 0 Å². The maximum atomic E-state index is 11.1. The lowest BCUT2D eigenvalue weighted by Gasteiger charge is -2.16. The number of ether oxygens (including phenoxy) is 2. The fourth-order valence-electron chi connectivity index (χ4n) is 2.38. The van der Waals surface area contributed by atoms with Crippen molar-refractivity contribution in [3.05, 3.63) is 58.5 Å². The highest BCUT2D eigenvalue weighted by atomic mass is 16.5. The zero-order chi connectivity index (χ0) is 16.2. The second-order valence-electron chi connectivity index (χ2n) is 5.91. The molecule has 1 aliphatic rings. The van der Waals surface area contributed by atoms with E-state index in [-0.39, 0.29) is 5.43 Å². The SMILES string of the molecule is COc1ccc(C(O)Cn2ccc(=O)cc2)cc1OCC1CC1. The molecule has 1 aromatic heterocycles. The number of nitrogens with zero attached hydrogens (tertiary/aromatic N) is 1. The molecule has 1 fully saturated rings. The molecule has 0 bridgehead atoms. The van der Waals surface area contributed by atoms with Gasteiger partial charge in [-0.2, -0.15) is 0 Å². The van der Waals surface area contributed by atoms with Crippen LogP contribution in [0.2, 0.25) is 0 Å². The number of hydrogen-bond acceptors (Lipinski definition) is 4. The summed E-state index contributed by atoms with van der Waals surface area (Å²) < 4.78 is 12.9. The monoisotopic (exact) mass is 315 g/mol. The van der Waals surface area contributed by atoms with Gasteiger partial charge in [-0.1, -0.05) is 6.07 Å². The summed E-state index contributed by atoms with van der Waals surface area (Å²) in [5.74, 6) is 1.98. The second-order valence-corrected chi connectivity index (χ2v) is 5.91. The molecule has 5 heteroatoms. The Hall–Kier alpha value is -2.27. The highest BCUT2D eigenvalue weighted by molar-refractivity contribution is 5.43. The Morgan fingerprint density at radius 3 is 2.61 bits per heavy atom. The van der Waals surface area contributed by atoms with Gasteiger partial charge in [0.1, 0.15) is 0 Å². The van der Waals surface area contributed by atoms with Crippen LogP contribution in [0.25, 0.3) is 0 Å². The minimum atomic E-state index is -0.688. The Balaban J connectivity index is 1.73. The van der Waals surface area contributed by atoms with Gasteiger partial charge in [-0.05, 0) is 36.5 Å². The Morgan fingerprint density at radius 1 is 1.22 bits per heavy atom. The fourth-order valence-corrected chi connectivity index (χ4v) is 2.38. The maximum Gasteiger partial charge on any atom is 0.181 e. The highest BCUT2D eigenvalue weighted by Crippen LogP contribution is 2.34. The standard InChI is InChI=1S/C18H21NO4/c1-22-17-5-4-14(10-18(17)23-12-13-2-3-13)16(21)11-19-8-6-15(20)7-9-19/h4-10,13,16,21H,2-3,11-12H2,1H3. The van der Waals surface area contributed by atoms with Gasteiger partial charge in [-0.3, -0.25) is 4.79 Å². The van der Waals surface area contributed by atoms with Crippen molar-refractivity contribution >= 4 is 0 Å². The van der Waals surface area contributed by atoms with Gasteiger partial charge in [0.15, 0.2) is 16.9 Å². The molecule has 5 nitrogen and oxygen atoms in total. The third-order valence-corrected chi connectivity index (χ3v) is 3.99. The fraction of sp³-hybridized carbons (Fsp3) is 0.389. The molecule has 0 radical (unpaired) electrons. The van der Waals surface area contributed by atoms with Crippen LogP contribution in [0.3, 0.4) is 0 Å². The number of pyridine rings is 1. The first-order valence-electron chi connectivity index (χ1n) is 7.80. The predicted octanol–water partition coefficient (Wildman–Crippen LogP) is 2.38. The Morgan fingerprint density at radius 2 is 1.96 bits per heavy atom. The summed E-state index contributed by atoms with van der Waals surface area (Å²) in [5, 5.41) is 10.4. The summed E-state index contributed by atoms with van der Waals surface area (Å²) in [7, 11) is 1.61. The van der Waals surface area contributed by atoms with Gasteiger partial charge in [0.2, 0.25) is 0 Å². The van der Waals surface area contributed by atoms with E-state index in [9.17, 15) is 9.90 Å². The molecule has 0 spiro atoms. The molecule has 1 unspecified atom stereocenters. The summed E-state index contributed by atoms with van der Waals surface area (Å²) in [6, 6.07) is 8.42. The zero-order valence-electron chi connectivity index (χ0n) is 13.1. The van der Waals surface area contributed by atoms with Crippen LogP contribution in [-0.4, -0.2) is 23.4 Å². The predicted molar refractivity (Wildman–Crippen MR) is 86.9 cm³/mol. The smallest absolute Gasteiger partial charge is 0.181 e. The molecular formula is C18H21NO4. The molecule has 2 aromatic rings. The molecule has 3 rings (SSSR count). The van der Waals surface area contributed by atoms with Gasteiger partial charge in [-0.15, -0.1) is 0 Å². The lowest BCUT2D eigenvalue weighted by molar-refractivity contribution is 0.155. The van der Waals surface area contributed by atoms with E-state index in [1.165, 1.54) is 25.0 Å². The van der Waals surface area contributed by atoms with E-state index < -0.39 is 6.10 Å². The van der Waals surface area contributed by atoms with Crippen molar-refractivity contribution in [1.29, 1.82) is 0 Å². The first kappa shape index (κ1) is 15.6. The minimum Gasteiger partial charge on any atom is -0.493 e. The third-order valence-electron chi connectivity index (χ3n) is 3.99. The van der Waals surface area contributed by atoms with Crippen LogP contribution in [0.5, 0.6) is 11.5 Å². The average Bonchev–Trinajstić information content (AvgIpc) is 3.39. The number of methoxy groups -OCH3 is 1. The van der Waals surface area contributed by atoms with E-state index in [0.29, 0.717) is 30.6 Å². The lowest BCUT2D eigenvalue weighted by atomic mass is 10.1. The summed E-state index contributed by atoms with van der Waals surface area (Å²) in [6.45, 7) is 1.06. The molecule has 122 valence electrons. The van der Waals surface area contributed by atoms with Gasteiger partial charge in [0.05, 0.1) is 26.4 Å². The summed E-state index contributed by atoms with van der Waals surface area (Å²) in [5.41, 5.74) is 0.714. The van der Waals surface area contributed by atoms with Crippen molar-refractivity contribution < 1.29 is 14.6 Å². The van der Waals surface area contributed by atoms with Crippen molar-refractivity contribution in [2.75, 3.05) is 13.7 Å². The van der Waals surface area contributed by atoms with Gasteiger partial charge in [0.25, 0.3) is 0 Å². The van der Waals surface area contributed by atoms with E-state index in [1.807, 2.05) is 18.2 Å². The Bertz CT molecular complexity index is 701. The Kier molecular flexibility index (Phi) is 4.67. The van der Waals surface area contributed by atoms with E-state index in [2.05, 4.69) is 0 Å². The molecule has 1 heterocycles. The molecule has 0 saturated heterocycles. The van der Waals surface area contributed by atoms with Gasteiger partial charge in [-0.25, -0.2) is 0 Å². The third kappa shape index (κ3) is 4.13. The van der Waals surface area contributed by atoms with Crippen LogP contribution in [0.1, 0.15) is 24.5 Å². The molecule has 0 aliphatic heterocycles. The zero-order valence-corrected chi connectivity index (χ0v) is 13.1. The lowest BCUT2D eigenvalue weighted by Crippen LogP contribution is -2.11. The largest absolute Gasteiger partial charge is 0.493 e. The number of aromatic nitrogens is 1. The van der Waals surface area contributed by atoms with E-state index in [0.717, 1.165) is 5.56 Å². The normalized spacial score (nSPS) is 15.2. The van der Waals surface area contributed by atoms with Crippen molar-refractivity contribution in [2.24, 2.45) is 5.92 Å². The van der Waals surface area contributed by atoms with Crippen LogP contribution in [0, 0.1) is 5.92 Å². The molecule has 23 heavy (non-hydrogen) atoms. The highest BCUT2D eigenvalue weighted by Gasteiger charge is 2.23. The molecule has 0 amide bonds. The molecule has 1 aromatic carbocycles. The van der Waals surface area contributed by atoms with E-state index >= 15 is 0 Å². The van der Waals surface area contributed by atoms with Crippen molar-refractivity contribution in [3.8, 4) is 11.5 Å². The maximum absolute atomic E-state index is 11.1. The summed E-state index contributed by atoms with van der Waals surface area (Å²) in [4.78, 5) is 11.1. The number of benzene rings is 1. The average molecular weight is 315 g/mol. The molecular weight excluding hydrogens is 294 g/mol. The topological polar surface area (TPSA) is 60.7 Å². The quantitative estimate of drug-likeness (QED) is 0.852. The molecule has 1 aliphatic carbocycles. The minimum absolute atomic E-state index is 0.0454. The number of rotatable bonds is 7. The van der Waals surface area contributed by atoms with Crippen molar-refractivity contribution in [3.63, 3.8) is 0 Å². The van der Waals surface area contributed by atoms with E-state index in [4.69, 9.17) is 9.47 Å². The first-order valence-corrected chi connectivity index (χ1v) is 7.80. The van der Waals surface area contributed by atoms with Crippen LogP contribution in [0.15, 0.2) is 47.5 Å². The number of aliphatic hydroxyl groups excluding tert-OH is 1. The van der Waals surface area contributed by atoms with Crippen molar-refractivity contribution in [2.45, 2.75) is 25.5 Å². The summed E-state index contributed by atoms with van der Waals surface area (Å²) in [6.07, 6.45) is 5.08. The molecule has 1 atom stereocenters. The molecule has 1 saturated carbocycles. The van der Waals surface area contributed by atoms with Gasteiger partial charge < -0.3 is 19.1 Å². The second kappa shape index (κ2) is 6.87. The molecule has 1 N–H and O–H groups in total. The first-order chi connectivity index (χ1) is 11.2. The van der Waals surface area contributed by atoms with E-state index in [1.54, 1.807) is 24.1 Å². The Labute approximate surface area is 135 Å². The van der Waals surface area contributed by atoms with Crippen LogP contribution in [-0.2, 0) is 6.54 Å². The van der Waals surface area contributed by atoms with Crippen LogP contribution >= 0.6 is 0 Å². The van der Waals surface area contributed by atoms with Crippen LogP contribution in [0.4, 0.5) is 0 Å².